The van der Waals surface area contributed by atoms with Gasteiger partial charge in [0.05, 0.1) is 12.4 Å². The van der Waals surface area contributed by atoms with Crippen LogP contribution in [0.25, 0.3) is 0 Å². The monoisotopic (exact) mass is 280 g/mol. The summed E-state index contributed by atoms with van der Waals surface area (Å²) in [6.45, 7) is 3.70. The Balaban J connectivity index is 2.13. The third kappa shape index (κ3) is 2.79. The standard InChI is InChI=1S/C11H12N4O3S/c1-5-3-12-10(19-5)6(2)15-9(16)7-8(11(17)18)14-4-13-7/h3-4,6H,1-2H3,(H,13,14)(H,15,16)(H,17,18). The van der Waals surface area contributed by atoms with E-state index in [1.165, 1.54) is 17.7 Å². The highest BCUT2D eigenvalue weighted by Gasteiger charge is 2.22. The van der Waals surface area contributed by atoms with E-state index in [-0.39, 0.29) is 17.4 Å². The van der Waals surface area contributed by atoms with Crippen LogP contribution in [0.3, 0.4) is 0 Å². The van der Waals surface area contributed by atoms with Gasteiger partial charge in [-0.25, -0.2) is 14.8 Å². The number of H-pyrrole nitrogens is 1. The number of carbonyl (C=O) groups is 2. The van der Waals surface area contributed by atoms with Gasteiger partial charge in [0.1, 0.15) is 5.01 Å². The SMILES string of the molecule is Cc1cnc(C(C)NC(=O)c2nc[nH]c2C(=O)O)s1. The number of hydrogen-bond donors (Lipinski definition) is 3. The Morgan fingerprint density at radius 1 is 1.47 bits per heavy atom. The Labute approximate surface area is 112 Å². The topological polar surface area (TPSA) is 108 Å². The van der Waals surface area contributed by atoms with Gasteiger partial charge in [-0.05, 0) is 13.8 Å². The van der Waals surface area contributed by atoms with Crippen LogP contribution >= 0.6 is 11.3 Å². The van der Waals surface area contributed by atoms with Gasteiger partial charge in [-0.3, -0.25) is 4.79 Å². The second kappa shape index (κ2) is 5.19. The molecule has 2 rings (SSSR count). The fourth-order valence-corrected chi connectivity index (χ4v) is 2.30. The van der Waals surface area contributed by atoms with Gasteiger partial charge in [-0.15, -0.1) is 11.3 Å². The Kier molecular flexibility index (Phi) is 3.61. The lowest BCUT2D eigenvalue weighted by molar-refractivity contribution is 0.0684. The van der Waals surface area contributed by atoms with E-state index >= 15 is 0 Å². The van der Waals surface area contributed by atoms with Crippen LogP contribution in [0.15, 0.2) is 12.5 Å². The van der Waals surface area contributed by atoms with Gasteiger partial charge in [-0.1, -0.05) is 0 Å². The average Bonchev–Trinajstić information content (AvgIpc) is 2.96. The minimum atomic E-state index is -1.22. The molecule has 0 aliphatic carbocycles. The van der Waals surface area contributed by atoms with Crippen molar-refractivity contribution < 1.29 is 14.7 Å². The van der Waals surface area contributed by atoms with Crippen LogP contribution in [0, 0.1) is 6.92 Å². The third-order valence-corrected chi connectivity index (χ3v) is 3.52. The number of rotatable bonds is 4. The molecule has 1 atom stereocenters. The van der Waals surface area contributed by atoms with Crippen LogP contribution < -0.4 is 5.32 Å². The van der Waals surface area contributed by atoms with E-state index in [0.717, 1.165) is 9.88 Å². The maximum Gasteiger partial charge on any atom is 0.354 e. The summed E-state index contributed by atoms with van der Waals surface area (Å²) < 4.78 is 0. The molecule has 19 heavy (non-hydrogen) atoms. The summed E-state index contributed by atoms with van der Waals surface area (Å²) in [5, 5.41) is 12.3. The van der Waals surface area contributed by atoms with E-state index in [1.807, 2.05) is 6.92 Å². The van der Waals surface area contributed by atoms with Gasteiger partial charge >= 0.3 is 5.97 Å². The smallest absolute Gasteiger partial charge is 0.354 e. The number of nitrogens with zero attached hydrogens (tertiary/aromatic N) is 2. The molecule has 7 nitrogen and oxygen atoms in total. The highest BCUT2D eigenvalue weighted by molar-refractivity contribution is 7.11. The minimum absolute atomic E-state index is 0.132. The third-order valence-electron chi connectivity index (χ3n) is 2.43. The molecule has 1 unspecified atom stereocenters. The maximum atomic E-state index is 11.9. The zero-order valence-corrected chi connectivity index (χ0v) is 11.1. The van der Waals surface area contributed by atoms with Crippen LogP contribution in [0.2, 0.25) is 0 Å². The molecule has 2 heterocycles. The number of aromatic nitrogens is 3. The van der Waals surface area contributed by atoms with E-state index in [9.17, 15) is 9.59 Å². The summed E-state index contributed by atoms with van der Waals surface area (Å²) in [5.74, 6) is -1.76. The molecule has 0 saturated heterocycles. The lowest BCUT2D eigenvalue weighted by Crippen LogP contribution is -2.28. The maximum absolute atomic E-state index is 11.9. The van der Waals surface area contributed by atoms with Crippen LogP contribution in [-0.4, -0.2) is 31.9 Å². The summed E-state index contributed by atoms with van der Waals surface area (Å²) in [6.07, 6.45) is 2.90. The van der Waals surface area contributed by atoms with Gasteiger partial charge in [0.15, 0.2) is 11.4 Å². The normalized spacial score (nSPS) is 12.1. The van der Waals surface area contributed by atoms with Gasteiger partial charge in [0.2, 0.25) is 0 Å². The second-order valence-corrected chi connectivity index (χ2v) is 5.20. The number of aromatic amines is 1. The van der Waals surface area contributed by atoms with Crippen molar-refractivity contribution in [3.05, 3.63) is 33.8 Å². The summed E-state index contributed by atoms with van der Waals surface area (Å²) in [6, 6.07) is -0.301. The van der Waals surface area contributed by atoms with E-state index in [1.54, 1.807) is 13.1 Å². The quantitative estimate of drug-likeness (QED) is 0.783. The van der Waals surface area contributed by atoms with Crippen molar-refractivity contribution in [3.63, 3.8) is 0 Å². The Bertz CT molecular complexity index is 619. The first-order valence-electron chi connectivity index (χ1n) is 5.49. The number of carboxylic acids is 1. The molecule has 8 heteroatoms. The number of imidazole rings is 1. The number of aryl methyl sites for hydroxylation is 1. The minimum Gasteiger partial charge on any atom is -0.477 e. The molecule has 0 aromatic carbocycles. The van der Waals surface area contributed by atoms with Crippen LogP contribution in [0.5, 0.6) is 0 Å². The Morgan fingerprint density at radius 3 is 2.79 bits per heavy atom. The molecule has 0 spiro atoms. The van der Waals surface area contributed by atoms with Crippen LogP contribution in [-0.2, 0) is 0 Å². The number of aromatic carboxylic acids is 1. The molecule has 2 aromatic heterocycles. The molecule has 0 radical (unpaired) electrons. The highest BCUT2D eigenvalue weighted by atomic mass is 32.1. The van der Waals surface area contributed by atoms with Crippen molar-refractivity contribution in [2.75, 3.05) is 0 Å². The molecular weight excluding hydrogens is 268 g/mol. The summed E-state index contributed by atoms with van der Waals surface area (Å²) in [7, 11) is 0. The summed E-state index contributed by atoms with van der Waals surface area (Å²) in [4.78, 5) is 34.2. The first-order chi connectivity index (χ1) is 8.99. The van der Waals surface area contributed by atoms with E-state index in [4.69, 9.17) is 5.11 Å². The number of thiazole rings is 1. The van der Waals surface area contributed by atoms with E-state index in [2.05, 4.69) is 20.3 Å². The molecule has 3 N–H and O–H groups in total. The Hall–Kier alpha value is -2.22. The average molecular weight is 280 g/mol. The number of amides is 1. The fraction of sp³-hybridized carbons (Fsp3) is 0.273. The molecule has 1 amide bonds. The van der Waals surface area contributed by atoms with Crippen molar-refractivity contribution in [1.29, 1.82) is 0 Å². The first kappa shape index (κ1) is 13.2. The van der Waals surface area contributed by atoms with Gasteiger partial charge in [-0.2, -0.15) is 0 Å². The lowest BCUT2D eigenvalue weighted by Gasteiger charge is -2.10. The Morgan fingerprint density at radius 2 is 2.21 bits per heavy atom. The predicted molar refractivity (Wildman–Crippen MR) is 68.3 cm³/mol. The predicted octanol–water partition coefficient (Wildman–Crippen LogP) is 1.36. The second-order valence-electron chi connectivity index (χ2n) is 3.94. The number of carboxylic acid groups (broad SMARTS) is 1. The molecule has 2 aromatic rings. The zero-order valence-electron chi connectivity index (χ0n) is 10.3. The van der Waals surface area contributed by atoms with Gasteiger partial charge in [0, 0.05) is 11.1 Å². The van der Waals surface area contributed by atoms with E-state index in [0.29, 0.717) is 0 Å². The van der Waals surface area contributed by atoms with Gasteiger partial charge < -0.3 is 15.4 Å². The number of nitrogens with one attached hydrogen (secondary N) is 2. The summed E-state index contributed by atoms with van der Waals surface area (Å²) >= 11 is 1.48. The summed E-state index contributed by atoms with van der Waals surface area (Å²) in [5.41, 5.74) is -0.354. The molecule has 0 bridgehead atoms. The van der Waals surface area contributed by atoms with Crippen molar-refractivity contribution >= 4 is 23.2 Å². The van der Waals surface area contributed by atoms with Crippen molar-refractivity contribution in [1.82, 2.24) is 20.3 Å². The molecule has 0 aliphatic heterocycles. The zero-order chi connectivity index (χ0) is 14.0. The highest BCUT2D eigenvalue weighted by Crippen LogP contribution is 2.19. The molecular formula is C11H12N4O3S. The van der Waals surface area contributed by atoms with Crippen LogP contribution in [0.1, 0.15) is 43.8 Å². The molecule has 0 saturated carbocycles. The molecule has 100 valence electrons. The molecule has 0 aliphatic rings. The van der Waals surface area contributed by atoms with Crippen LogP contribution in [0.4, 0.5) is 0 Å². The fourth-order valence-electron chi connectivity index (χ4n) is 1.53. The lowest BCUT2D eigenvalue weighted by atomic mass is 10.2. The van der Waals surface area contributed by atoms with Gasteiger partial charge in [0.25, 0.3) is 5.91 Å². The largest absolute Gasteiger partial charge is 0.477 e. The number of carbonyl (C=O) groups excluding carboxylic acids is 1. The first-order valence-corrected chi connectivity index (χ1v) is 6.30. The molecule has 0 fully saturated rings. The van der Waals surface area contributed by atoms with E-state index < -0.39 is 11.9 Å². The van der Waals surface area contributed by atoms with Crippen molar-refractivity contribution in [2.24, 2.45) is 0 Å². The number of hydrogen-bond acceptors (Lipinski definition) is 5. The van der Waals surface area contributed by atoms with Crippen molar-refractivity contribution in [3.8, 4) is 0 Å². The van der Waals surface area contributed by atoms with Crippen molar-refractivity contribution in [2.45, 2.75) is 19.9 Å².